The van der Waals surface area contributed by atoms with E-state index in [0.29, 0.717) is 34.9 Å². The van der Waals surface area contributed by atoms with Crippen molar-refractivity contribution in [2.75, 3.05) is 13.1 Å². The minimum atomic E-state index is -4.95. The third-order valence-electron chi connectivity index (χ3n) is 6.68. The van der Waals surface area contributed by atoms with Gasteiger partial charge in [0, 0.05) is 23.7 Å². The number of hydrogen-bond acceptors (Lipinski definition) is 6. The Bertz CT molecular complexity index is 1610. The van der Waals surface area contributed by atoms with E-state index in [1.807, 2.05) is 0 Å². The van der Waals surface area contributed by atoms with E-state index < -0.39 is 24.5 Å². The van der Waals surface area contributed by atoms with Crippen molar-refractivity contribution in [1.82, 2.24) is 34.0 Å². The maximum absolute atomic E-state index is 13.3. The molecular weight excluding hydrogens is 586 g/mol. The fraction of sp³-hybridized carbons (Fsp3) is 0.346. The second kappa shape index (κ2) is 11.7. The van der Waals surface area contributed by atoms with Crippen LogP contribution in [0.25, 0.3) is 17.1 Å². The molecule has 15 heteroatoms. The Morgan fingerprint density at radius 2 is 1.73 bits per heavy atom. The van der Waals surface area contributed by atoms with Crippen molar-refractivity contribution in [3.05, 3.63) is 80.7 Å². The van der Waals surface area contributed by atoms with Crippen LogP contribution in [-0.4, -0.2) is 70.4 Å². The highest BCUT2D eigenvalue weighted by Crippen LogP contribution is 2.27. The highest BCUT2D eigenvalue weighted by Gasteiger charge is 2.39. The fourth-order valence-corrected chi connectivity index (χ4v) is 4.98. The van der Waals surface area contributed by atoms with Crippen LogP contribution in [0.15, 0.2) is 53.6 Å². The van der Waals surface area contributed by atoms with Crippen molar-refractivity contribution < 1.29 is 23.1 Å². The maximum atomic E-state index is 13.3. The van der Waals surface area contributed by atoms with Gasteiger partial charge in [-0.15, -0.1) is 10.2 Å². The molecule has 41 heavy (non-hydrogen) atoms. The van der Waals surface area contributed by atoms with Gasteiger partial charge in [0.25, 0.3) is 5.91 Å². The average molecular weight is 610 g/mol. The minimum Gasteiger partial charge on any atom is -0.382 e. The first-order valence-electron chi connectivity index (χ1n) is 12.7. The zero-order valence-corrected chi connectivity index (χ0v) is 22.9. The predicted octanol–water partition coefficient (Wildman–Crippen LogP) is 4.20. The summed E-state index contributed by atoms with van der Waals surface area (Å²) in [6.07, 6.45) is -3.53. The Balaban J connectivity index is 1.48. The lowest BCUT2D eigenvalue weighted by Crippen LogP contribution is -2.37. The van der Waals surface area contributed by atoms with Gasteiger partial charge in [-0.2, -0.15) is 13.2 Å². The van der Waals surface area contributed by atoms with Crippen molar-refractivity contribution in [2.45, 2.75) is 44.6 Å². The summed E-state index contributed by atoms with van der Waals surface area (Å²) in [6, 6.07) is 10.9. The summed E-state index contributed by atoms with van der Waals surface area (Å²) in [5, 5.41) is 18.9. The number of aromatic nitrogens is 6. The van der Waals surface area contributed by atoms with E-state index in [2.05, 4.69) is 15.2 Å². The van der Waals surface area contributed by atoms with Crippen molar-refractivity contribution in [2.24, 2.45) is 0 Å². The average Bonchev–Trinajstić information content (AvgIpc) is 3.53. The highest BCUT2D eigenvalue weighted by atomic mass is 35.5. The molecule has 0 aliphatic carbocycles. The second-order valence-electron chi connectivity index (χ2n) is 9.53. The molecular formula is C26H24Cl2F3N7O3. The number of alkyl halides is 3. The molecule has 3 heterocycles. The third-order valence-corrected chi connectivity index (χ3v) is 7.24. The second-order valence-corrected chi connectivity index (χ2v) is 10.4. The van der Waals surface area contributed by atoms with Gasteiger partial charge in [0.05, 0.1) is 22.8 Å². The molecule has 4 aromatic rings. The van der Waals surface area contributed by atoms with Gasteiger partial charge in [-0.25, -0.2) is 19.1 Å². The molecule has 2 aromatic heterocycles. The number of nitrogens with zero attached hydrogens (tertiary/aromatic N) is 7. The summed E-state index contributed by atoms with van der Waals surface area (Å²) in [5.41, 5.74) is 0.0586. The van der Waals surface area contributed by atoms with Gasteiger partial charge < -0.3 is 10.0 Å². The van der Waals surface area contributed by atoms with E-state index in [0.717, 1.165) is 28.5 Å². The van der Waals surface area contributed by atoms with Gasteiger partial charge in [-0.3, -0.25) is 9.36 Å². The van der Waals surface area contributed by atoms with E-state index in [4.69, 9.17) is 23.2 Å². The standard InChI is InChI=1S/C26H24Cl2F3N7O3/c27-17-9-7-16(8-10-17)23-34-37(25(41)36(23)13-20(39)26(29,30)31)14-21-32-15-38(33-21)22-18(5-4-6-19(22)28)24(40)35-11-2-1-3-12-35/h4-10,15,20,39H,1-3,11-14H2/t20-/m0/s1. The number of piperidine rings is 1. The number of para-hydroxylation sites is 1. The number of rotatable bonds is 7. The van der Waals surface area contributed by atoms with Crippen LogP contribution in [0, 0.1) is 0 Å². The molecule has 1 amide bonds. The van der Waals surface area contributed by atoms with E-state index in [1.165, 1.54) is 35.3 Å². The van der Waals surface area contributed by atoms with Gasteiger partial charge in [0.1, 0.15) is 12.9 Å². The maximum Gasteiger partial charge on any atom is 0.416 e. The van der Waals surface area contributed by atoms with E-state index in [1.54, 1.807) is 23.1 Å². The van der Waals surface area contributed by atoms with Crippen LogP contribution in [0.1, 0.15) is 35.4 Å². The first-order valence-corrected chi connectivity index (χ1v) is 13.5. The molecule has 1 fully saturated rings. The number of halogens is 5. The van der Waals surface area contributed by atoms with Gasteiger partial charge in [-0.1, -0.05) is 29.3 Å². The topological polar surface area (TPSA) is 111 Å². The first-order chi connectivity index (χ1) is 19.5. The number of benzene rings is 2. The number of likely N-dealkylation sites (tertiary alicyclic amines) is 1. The molecule has 2 aromatic carbocycles. The molecule has 0 radical (unpaired) electrons. The summed E-state index contributed by atoms with van der Waals surface area (Å²) in [4.78, 5) is 32.4. The normalized spacial score (nSPS) is 14.8. The smallest absolute Gasteiger partial charge is 0.382 e. The van der Waals surface area contributed by atoms with Gasteiger partial charge in [0.15, 0.2) is 17.8 Å². The number of carbonyl (C=O) groups is 1. The Labute approximate surface area is 241 Å². The number of hydrogen-bond donors (Lipinski definition) is 1. The monoisotopic (exact) mass is 609 g/mol. The van der Waals surface area contributed by atoms with Crippen LogP contribution in [0.2, 0.25) is 10.0 Å². The van der Waals surface area contributed by atoms with Crippen LogP contribution in [0.4, 0.5) is 13.2 Å². The van der Waals surface area contributed by atoms with Crippen LogP contribution in [0.3, 0.4) is 0 Å². The van der Waals surface area contributed by atoms with Crippen LogP contribution in [-0.2, 0) is 13.1 Å². The summed E-state index contributed by atoms with van der Waals surface area (Å²) in [5.74, 6) is -0.202. The minimum absolute atomic E-state index is 0.0899. The summed E-state index contributed by atoms with van der Waals surface area (Å²) >= 11 is 12.4. The molecule has 1 aliphatic heterocycles. The number of aliphatic hydroxyl groups is 1. The molecule has 0 saturated carbocycles. The zero-order valence-electron chi connectivity index (χ0n) is 21.4. The predicted molar refractivity (Wildman–Crippen MR) is 144 cm³/mol. The molecule has 1 aliphatic rings. The van der Waals surface area contributed by atoms with Gasteiger partial charge in [-0.05, 0) is 55.7 Å². The molecule has 1 atom stereocenters. The molecule has 10 nitrogen and oxygen atoms in total. The number of amides is 1. The lowest BCUT2D eigenvalue weighted by atomic mass is 10.1. The number of carbonyl (C=O) groups excluding carboxylic acids is 1. The highest BCUT2D eigenvalue weighted by molar-refractivity contribution is 6.33. The number of aliphatic hydroxyl groups excluding tert-OH is 1. The fourth-order valence-electron chi connectivity index (χ4n) is 4.60. The van der Waals surface area contributed by atoms with E-state index in [9.17, 15) is 27.9 Å². The van der Waals surface area contributed by atoms with Crippen LogP contribution in [0.5, 0.6) is 0 Å². The van der Waals surface area contributed by atoms with Crippen molar-refractivity contribution in [1.29, 1.82) is 0 Å². The Kier molecular flexibility index (Phi) is 8.20. The summed E-state index contributed by atoms with van der Waals surface area (Å²) in [6.45, 7) is -0.0962. The molecule has 0 bridgehead atoms. The summed E-state index contributed by atoms with van der Waals surface area (Å²) < 4.78 is 42.4. The lowest BCUT2D eigenvalue weighted by Gasteiger charge is -2.27. The van der Waals surface area contributed by atoms with Gasteiger partial charge >= 0.3 is 11.9 Å². The van der Waals surface area contributed by atoms with Crippen molar-refractivity contribution in [3.63, 3.8) is 0 Å². The van der Waals surface area contributed by atoms with E-state index >= 15 is 0 Å². The Hall–Kier alpha value is -3.68. The molecule has 1 saturated heterocycles. The lowest BCUT2D eigenvalue weighted by molar-refractivity contribution is -0.207. The Morgan fingerprint density at radius 3 is 2.41 bits per heavy atom. The quantitative estimate of drug-likeness (QED) is 0.336. The zero-order chi connectivity index (χ0) is 29.3. The molecule has 5 rings (SSSR count). The summed E-state index contributed by atoms with van der Waals surface area (Å²) in [7, 11) is 0. The first kappa shape index (κ1) is 28.8. The van der Waals surface area contributed by atoms with Gasteiger partial charge in [0.2, 0.25) is 0 Å². The molecule has 216 valence electrons. The van der Waals surface area contributed by atoms with E-state index in [-0.39, 0.29) is 29.1 Å². The molecule has 1 N–H and O–H groups in total. The third kappa shape index (κ3) is 6.16. The van der Waals surface area contributed by atoms with Crippen molar-refractivity contribution >= 4 is 29.1 Å². The van der Waals surface area contributed by atoms with Crippen LogP contribution < -0.4 is 5.69 Å². The largest absolute Gasteiger partial charge is 0.416 e. The van der Waals surface area contributed by atoms with Crippen LogP contribution >= 0.6 is 23.2 Å². The van der Waals surface area contributed by atoms with Crippen molar-refractivity contribution in [3.8, 4) is 17.1 Å². The SMILES string of the molecule is O=C(c1cccc(Cl)c1-n1cnc(Cn2nc(-c3ccc(Cl)cc3)n(C[C@H](O)C(F)(F)F)c2=O)n1)N1CCCCC1. The Morgan fingerprint density at radius 1 is 1.02 bits per heavy atom. The molecule has 0 spiro atoms. The molecule has 0 unspecified atom stereocenters.